The molecule has 0 aromatic heterocycles. The topological polar surface area (TPSA) is 72.2 Å². The molecule has 3 N–H and O–H groups in total. The van der Waals surface area contributed by atoms with Crippen LogP contribution >= 0.6 is 15.9 Å². The van der Waals surface area contributed by atoms with Crippen LogP contribution in [0.2, 0.25) is 0 Å². The standard InChI is InChI=1S/C16H15BrN2O2/c17-10-11-5-7-12(8-6-11)16(21)19-14-4-2-1-3-13(14)9-15(18)20/h1-8H,9-10H2,(H2,18,20)(H,19,21). The number of primary amides is 1. The lowest BCUT2D eigenvalue weighted by molar-refractivity contribution is -0.117. The Bertz CT molecular complexity index is 654. The molecule has 108 valence electrons. The van der Waals surface area contributed by atoms with Gasteiger partial charge >= 0.3 is 0 Å². The van der Waals surface area contributed by atoms with Gasteiger partial charge in [-0.2, -0.15) is 0 Å². The molecule has 0 saturated heterocycles. The van der Waals surface area contributed by atoms with Gasteiger partial charge in [-0.25, -0.2) is 0 Å². The number of anilines is 1. The second kappa shape index (κ2) is 7.04. The summed E-state index contributed by atoms with van der Waals surface area (Å²) >= 11 is 3.36. The molecule has 5 heteroatoms. The summed E-state index contributed by atoms with van der Waals surface area (Å²) in [6, 6.07) is 14.4. The SMILES string of the molecule is NC(=O)Cc1ccccc1NC(=O)c1ccc(CBr)cc1. The van der Waals surface area contributed by atoms with Crippen molar-refractivity contribution in [3.63, 3.8) is 0 Å². The molecule has 0 heterocycles. The zero-order valence-corrected chi connectivity index (χ0v) is 12.9. The fraction of sp³-hybridized carbons (Fsp3) is 0.125. The van der Waals surface area contributed by atoms with Crippen molar-refractivity contribution < 1.29 is 9.59 Å². The third-order valence-corrected chi connectivity index (χ3v) is 3.65. The third kappa shape index (κ3) is 4.16. The van der Waals surface area contributed by atoms with Crippen LogP contribution in [0.1, 0.15) is 21.5 Å². The number of halogens is 1. The van der Waals surface area contributed by atoms with Crippen LogP contribution in [0.25, 0.3) is 0 Å². The summed E-state index contributed by atoms with van der Waals surface area (Å²) in [5.41, 5.74) is 8.18. The molecule has 0 aliphatic heterocycles. The number of nitrogens with one attached hydrogen (secondary N) is 1. The Hall–Kier alpha value is -2.14. The Morgan fingerprint density at radius 3 is 2.33 bits per heavy atom. The average Bonchev–Trinajstić information content (AvgIpc) is 2.49. The minimum atomic E-state index is -0.432. The van der Waals surface area contributed by atoms with E-state index in [2.05, 4.69) is 21.2 Å². The van der Waals surface area contributed by atoms with E-state index in [0.29, 0.717) is 16.8 Å². The summed E-state index contributed by atoms with van der Waals surface area (Å²) in [5, 5.41) is 3.56. The molecular formula is C16H15BrN2O2. The Balaban J connectivity index is 2.17. The van der Waals surface area contributed by atoms with E-state index in [4.69, 9.17) is 5.73 Å². The van der Waals surface area contributed by atoms with Gasteiger partial charge in [0.25, 0.3) is 5.91 Å². The molecule has 2 amide bonds. The van der Waals surface area contributed by atoms with Crippen molar-refractivity contribution in [3.8, 4) is 0 Å². The highest BCUT2D eigenvalue weighted by atomic mass is 79.9. The van der Waals surface area contributed by atoms with Gasteiger partial charge in [0.05, 0.1) is 6.42 Å². The number of para-hydroxylation sites is 1. The van der Waals surface area contributed by atoms with Crippen LogP contribution in [-0.4, -0.2) is 11.8 Å². The van der Waals surface area contributed by atoms with Crippen molar-refractivity contribution in [1.29, 1.82) is 0 Å². The molecule has 0 radical (unpaired) electrons. The monoisotopic (exact) mass is 346 g/mol. The zero-order chi connectivity index (χ0) is 15.2. The molecule has 0 aliphatic rings. The van der Waals surface area contributed by atoms with Gasteiger partial charge in [0.1, 0.15) is 0 Å². The van der Waals surface area contributed by atoms with E-state index in [9.17, 15) is 9.59 Å². The molecule has 21 heavy (non-hydrogen) atoms. The maximum atomic E-state index is 12.2. The summed E-state index contributed by atoms with van der Waals surface area (Å²) in [7, 11) is 0. The highest BCUT2D eigenvalue weighted by molar-refractivity contribution is 9.08. The summed E-state index contributed by atoms with van der Waals surface area (Å²) in [6.45, 7) is 0. The van der Waals surface area contributed by atoms with Gasteiger partial charge in [-0.3, -0.25) is 9.59 Å². The number of nitrogens with two attached hydrogens (primary N) is 1. The molecule has 2 rings (SSSR count). The van der Waals surface area contributed by atoms with Crippen LogP contribution in [0.5, 0.6) is 0 Å². The number of alkyl halides is 1. The van der Waals surface area contributed by atoms with Crippen molar-refractivity contribution in [2.45, 2.75) is 11.8 Å². The normalized spacial score (nSPS) is 10.1. The van der Waals surface area contributed by atoms with Crippen LogP contribution in [0.3, 0.4) is 0 Å². The van der Waals surface area contributed by atoms with Crippen molar-refractivity contribution in [2.75, 3.05) is 5.32 Å². The number of hydrogen-bond acceptors (Lipinski definition) is 2. The number of rotatable bonds is 5. The molecule has 0 atom stereocenters. The fourth-order valence-corrected chi connectivity index (χ4v) is 2.30. The van der Waals surface area contributed by atoms with Crippen molar-refractivity contribution in [1.82, 2.24) is 0 Å². The third-order valence-electron chi connectivity index (χ3n) is 3.00. The van der Waals surface area contributed by atoms with Gasteiger partial charge in [-0.1, -0.05) is 46.3 Å². The first-order chi connectivity index (χ1) is 10.1. The van der Waals surface area contributed by atoms with Gasteiger partial charge in [0.2, 0.25) is 5.91 Å². The largest absolute Gasteiger partial charge is 0.369 e. The number of hydrogen-bond donors (Lipinski definition) is 2. The molecule has 0 fully saturated rings. The predicted octanol–water partition coefficient (Wildman–Crippen LogP) is 2.86. The maximum Gasteiger partial charge on any atom is 0.255 e. The van der Waals surface area contributed by atoms with E-state index < -0.39 is 5.91 Å². The number of carbonyl (C=O) groups is 2. The van der Waals surface area contributed by atoms with Gasteiger partial charge in [-0.15, -0.1) is 0 Å². The summed E-state index contributed by atoms with van der Waals surface area (Å²) in [5.74, 6) is -0.647. The average molecular weight is 347 g/mol. The molecule has 0 unspecified atom stereocenters. The second-order valence-electron chi connectivity index (χ2n) is 4.58. The number of amides is 2. The lowest BCUT2D eigenvalue weighted by Crippen LogP contribution is -2.17. The van der Waals surface area contributed by atoms with Crippen LogP contribution < -0.4 is 11.1 Å². The van der Waals surface area contributed by atoms with Crippen LogP contribution in [0, 0.1) is 0 Å². The Morgan fingerprint density at radius 1 is 1.05 bits per heavy atom. The van der Waals surface area contributed by atoms with E-state index in [-0.39, 0.29) is 12.3 Å². The Labute approximate surface area is 131 Å². The Kier molecular flexibility index (Phi) is 5.11. The summed E-state index contributed by atoms with van der Waals surface area (Å²) in [6.07, 6.45) is 0.0962. The van der Waals surface area contributed by atoms with Crippen molar-refractivity contribution in [3.05, 3.63) is 65.2 Å². The highest BCUT2D eigenvalue weighted by Gasteiger charge is 2.10. The van der Waals surface area contributed by atoms with Gasteiger partial charge in [-0.05, 0) is 29.3 Å². The van der Waals surface area contributed by atoms with Crippen LogP contribution in [0.15, 0.2) is 48.5 Å². The molecule has 0 aliphatic carbocycles. The number of carbonyl (C=O) groups excluding carboxylic acids is 2. The minimum Gasteiger partial charge on any atom is -0.369 e. The van der Waals surface area contributed by atoms with E-state index in [1.54, 1.807) is 36.4 Å². The van der Waals surface area contributed by atoms with Crippen molar-refractivity contribution in [2.24, 2.45) is 5.73 Å². The molecule has 2 aromatic carbocycles. The van der Waals surface area contributed by atoms with E-state index >= 15 is 0 Å². The van der Waals surface area contributed by atoms with Crippen LogP contribution in [0.4, 0.5) is 5.69 Å². The van der Waals surface area contributed by atoms with Crippen molar-refractivity contribution >= 4 is 33.4 Å². The van der Waals surface area contributed by atoms with E-state index in [1.807, 2.05) is 12.1 Å². The number of benzene rings is 2. The van der Waals surface area contributed by atoms with Gasteiger partial charge < -0.3 is 11.1 Å². The van der Waals surface area contributed by atoms with E-state index in [1.165, 1.54) is 0 Å². The Morgan fingerprint density at radius 2 is 1.71 bits per heavy atom. The first-order valence-electron chi connectivity index (χ1n) is 6.42. The lowest BCUT2D eigenvalue weighted by atomic mass is 10.1. The molecule has 2 aromatic rings. The maximum absolute atomic E-state index is 12.2. The second-order valence-corrected chi connectivity index (χ2v) is 5.15. The molecule has 0 spiro atoms. The first-order valence-corrected chi connectivity index (χ1v) is 7.55. The predicted molar refractivity (Wildman–Crippen MR) is 86.4 cm³/mol. The highest BCUT2D eigenvalue weighted by Crippen LogP contribution is 2.17. The lowest BCUT2D eigenvalue weighted by Gasteiger charge is -2.10. The van der Waals surface area contributed by atoms with E-state index in [0.717, 1.165) is 10.9 Å². The smallest absolute Gasteiger partial charge is 0.255 e. The molecule has 0 bridgehead atoms. The zero-order valence-electron chi connectivity index (χ0n) is 11.3. The van der Waals surface area contributed by atoms with Crippen LogP contribution in [-0.2, 0) is 16.5 Å². The molecular weight excluding hydrogens is 332 g/mol. The summed E-state index contributed by atoms with van der Waals surface area (Å²) < 4.78 is 0. The summed E-state index contributed by atoms with van der Waals surface area (Å²) in [4.78, 5) is 23.3. The first kappa shape index (κ1) is 15.3. The minimum absolute atomic E-state index is 0.0962. The fourth-order valence-electron chi connectivity index (χ4n) is 1.92. The molecule has 0 saturated carbocycles. The molecule has 4 nitrogen and oxygen atoms in total. The quantitative estimate of drug-likeness (QED) is 0.817. The van der Waals surface area contributed by atoms with Gasteiger partial charge in [0.15, 0.2) is 0 Å². The van der Waals surface area contributed by atoms with Gasteiger partial charge in [0, 0.05) is 16.6 Å².